The van der Waals surface area contributed by atoms with Gasteiger partial charge in [-0.1, -0.05) is 36.7 Å². The quantitative estimate of drug-likeness (QED) is 0.523. The van der Waals surface area contributed by atoms with Gasteiger partial charge >= 0.3 is 0 Å². The number of hydrogen-bond donors (Lipinski definition) is 1. The summed E-state index contributed by atoms with van der Waals surface area (Å²) in [6, 6.07) is 21.6. The molecule has 0 fully saturated rings. The van der Waals surface area contributed by atoms with E-state index >= 15 is 0 Å². The standard InChI is InChI=1S/C26H25ClN2O4/c1-2-23-26(31)29(14-15-32-22-6-4-3-5-7-22)17-19-16-21(12-13-24(19)33-23)28-25(30)18-8-10-20(27)11-9-18/h3-13,16,23H,2,14-15,17H2,1H3,(H,28,30). The van der Waals surface area contributed by atoms with Crippen LogP contribution in [0.4, 0.5) is 5.69 Å². The number of nitrogens with one attached hydrogen (secondary N) is 1. The topological polar surface area (TPSA) is 67.9 Å². The Morgan fingerprint density at radius 1 is 1.12 bits per heavy atom. The van der Waals surface area contributed by atoms with Gasteiger partial charge in [-0.25, -0.2) is 0 Å². The first-order chi connectivity index (χ1) is 16.0. The van der Waals surface area contributed by atoms with E-state index in [1.165, 1.54) is 0 Å². The van der Waals surface area contributed by atoms with Crippen molar-refractivity contribution in [2.45, 2.75) is 26.0 Å². The Hall–Kier alpha value is -3.51. The average molecular weight is 465 g/mol. The molecule has 0 saturated carbocycles. The normalized spacial score (nSPS) is 15.3. The summed E-state index contributed by atoms with van der Waals surface area (Å²) in [5.41, 5.74) is 1.96. The Bertz CT molecular complexity index is 1120. The lowest BCUT2D eigenvalue weighted by atomic mass is 10.1. The molecule has 1 aliphatic heterocycles. The molecule has 0 aromatic heterocycles. The second-order valence-electron chi connectivity index (χ2n) is 7.72. The molecule has 0 aliphatic carbocycles. The Morgan fingerprint density at radius 3 is 2.61 bits per heavy atom. The van der Waals surface area contributed by atoms with Gasteiger partial charge in [-0.3, -0.25) is 9.59 Å². The third kappa shape index (κ3) is 5.65. The predicted octanol–water partition coefficient (Wildman–Crippen LogP) is 5.17. The van der Waals surface area contributed by atoms with Crippen LogP contribution < -0.4 is 14.8 Å². The van der Waals surface area contributed by atoms with Gasteiger partial charge in [-0.2, -0.15) is 0 Å². The highest BCUT2D eigenvalue weighted by Gasteiger charge is 2.30. The summed E-state index contributed by atoms with van der Waals surface area (Å²) in [6.45, 7) is 3.09. The summed E-state index contributed by atoms with van der Waals surface area (Å²) in [5.74, 6) is 1.09. The number of carbonyl (C=O) groups is 2. The van der Waals surface area contributed by atoms with Crippen LogP contribution in [0, 0.1) is 0 Å². The second-order valence-corrected chi connectivity index (χ2v) is 8.16. The fourth-order valence-electron chi connectivity index (χ4n) is 3.63. The summed E-state index contributed by atoms with van der Waals surface area (Å²) in [7, 11) is 0. The molecule has 1 unspecified atom stereocenters. The smallest absolute Gasteiger partial charge is 0.264 e. The first-order valence-electron chi connectivity index (χ1n) is 10.9. The van der Waals surface area contributed by atoms with E-state index in [1.54, 1.807) is 41.3 Å². The van der Waals surface area contributed by atoms with Crippen molar-refractivity contribution in [2.75, 3.05) is 18.5 Å². The van der Waals surface area contributed by atoms with Crippen LogP contribution in [0.3, 0.4) is 0 Å². The molecule has 1 N–H and O–H groups in total. The molecule has 4 rings (SSSR count). The zero-order chi connectivity index (χ0) is 23.2. The van der Waals surface area contributed by atoms with Crippen LogP contribution in [0.2, 0.25) is 5.02 Å². The number of amides is 2. The number of carbonyl (C=O) groups excluding carboxylic acids is 2. The molecule has 0 radical (unpaired) electrons. The van der Waals surface area contributed by atoms with Gasteiger partial charge in [0.15, 0.2) is 6.10 Å². The lowest BCUT2D eigenvalue weighted by molar-refractivity contribution is -0.138. The number of rotatable bonds is 7. The van der Waals surface area contributed by atoms with Crippen LogP contribution in [0.1, 0.15) is 29.3 Å². The van der Waals surface area contributed by atoms with Gasteiger partial charge in [0.25, 0.3) is 11.8 Å². The maximum absolute atomic E-state index is 13.0. The Labute approximate surface area is 198 Å². The molecule has 3 aromatic rings. The highest BCUT2D eigenvalue weighted by Crippen LogP contribution is 2.29. The molecule has 0 spiro atoms. The molecule has 7 heteroatoms. The highest BCUT2D eigenvalue weighted by atomic mass is 35.5. The van der Waals surface area contributed by atoms with Crippen molar-refractivity contribution in [1.29, 1.82) is 0 Å². The molecule has 1 aliphatic rings. The molecule has 6 nitrogen and oxygen atoms in total. The SMILES string of the molecule is CCC1Oc2ccc(NC(=O)c3ccc(Cl)cc3)cc2CN(CCOc2ccccc2)C1=O. The second kappa shape index (κ2) is 10.4. The fraction of sp³-hybridized carbons (Fsp3) is 0.231. The lowest BCUT2D eigenvalue weighted by Gasteiger charge is -2.23. The van der Waals surface area contributed by atoms with Gasteiger partial charge in [0.1, 0.15) is 18.1 Å². The maximum atomic E-state index is 13.0. The van der Waals surface area contributed by atoms with Crippen LogP contribution in [0.5, 0.6) is 11.5 Å². The van der Waals surface area contributed by atoms with E-state index in [2.05, 4.69) is 5.32 Å². The summed E-state index contributed by atoms with van der Waals surface area (Å²) in [4.78, 5) is 27.4. The van der Waals surface area contributed by atoms with Crippen molar-refractivity contribution in [3.05, 3.63) is 88.9 Å². The van der Waals surface area contributed by atoms with Crippen LogP contribution in [0.15, 0.2) is 72.8 Å². The average Bonchev–Trinajstić information content (AvgIpc) is 2.96. The monoisotopic (exact) mass is 464 g/mol. The largest absolute Gasteiger partial charge is 0.492 e. The number of benzene rings is 3. The molecule has 0 saturated heterocycles. The molecule has 3 aromatic carbocycles. The minimum Gasteiger partial charge on any atom is -0.492 e. The number of anilines is 1. The summed E-state index contributed by atoms with van der Waals surface area (Å²) in [6.07, 6.45) is 0.00101. The van der Waals surface area contributed by atoms with Crippen molar-refractivity contribution >= 4 is 29.1 Å². The third-order valence-electron chi connectivity index (χ3n) is 5.39. The summed E-state index contributed by atoms with van der Waals surface area (Å²) in [5, 5.41) is 3.47. The number of halogens is 1. The van der Waals surface area contributed by atoms with Crippen molar-refractivity contribution in [2.24, 2.45) is 0 Å². The predicted molar refractivity (Wildman–Crippen MR) is 128 cm³/mol. The molecular formula is C26H25ClN2O4. The highest BCUT2D eigenvalue weighted by molar-refractivity contribution is 6.30. The van der Waals surface area contributed by atoms with E-state index in [9.17, 15) is 9.59 Å². The molecule has 170 valence electrons. The van der Waals surface area contributed by atoms with Crippen LogP contribution in [-0.2, 0) is 11.3 Å². The van der Waals surface area contributed by atoms with Gasteiger partial charge in [0, 0.05) is 28.4 Å². The van der Waals surface area contributed by atoms with E-state index in [0.717, 1.165) is 11.3 Å². The van der Waals surface area contributed by atoms with Crippen LogP contribution >= 0.6 is 11.6 Å². The molecule has 1 atom stereocenters. The Balaban J connectivity index is 1.48. The van der Waals surface area contributed by atoms with Gasteiger partial charge in [0.05, 0.1) is 6.54 Å². The molecule has 0 bridgehead atoms. The van der Waals surface area contributed by atoms with E-state index in [4.69, 9.17) is 21.1 Å². The first kappa shape index (κ1) is 22.7. The lowest BCUT2D eigenvalue weighted by Crippen LogP contribution is -2.41. The molecular weight excluding hydrogens is 440 g/mol. The minimum atomic E-state index is -0.558. The maximum Gasteiger partial charge on any atom is 0.264 e. The van der Waals surface area contributed by atoms with Gasteiger partial charge in [-0.05, 0) is 61.0 Å². The number of hydrogen-bond acceptors (Lipinski definition) is 4. The molecule has 1 heterocycles. The molecule has 2 amide bonds. The summed E-state index contributed by atoms with van der Waals surface area (Å²) < 4.78 is 11.8. The zero-order valence-corrected chi connectivity index (χ0v) is 19.0. The fourth-order valence-corrected chi connectivity index (χ4v) is 3.75. The van der Waals surface area contributed by atoms with Crippen LogP contribution in [0.25, 0.3) is 0 Å². The van der Waals surface area contributed by atoms with Crippen LogP contribution in [-0.4, -0.2) is 36.0 Å². The van der Waals surface area contributed by atoms with Gasteiger partial charge in [0.2, 0.25) is 0 Å². The first-order valence-corrected chi connectivity index (χ1v) is 11.2. The van der Waals surface area contributed by atoms with Crippen molar-refractivity contribution in [3.63, 3.8) is 0 Å². The van der Waals surface area contributed by atoms with Gasteiger partial charge < -0.3 is 19.7 Å². The van der Waals surface area contributed by atoms with E-state index in [-0.39, 0.29) is 11.8 Å². The van der Waals surface area contributed by atoms with E-state index in [1.807, 2.05) is 43.3 Å². The Morgan fingerprint density at radius 2 is 1.88 bits per heavy atom. The van der Waals surface area contributed by atoms with E-state index < -0.39 is 6.10 Å². The number of nitrogens with zero attached hydrogens (tertiary/aromatic N) is 1. The number of para-hydroxylation sites is 1. The summed E-state index contributed by atoms with van der Waals surface area (Å²) >= 11 is 5.90. The van der Waals surface area contributed by atoms with Crippen molar-refractivity contribution < 1.29 is 19.1 Å². The van der Waals surface area contributed by atoms with Gasteiger partial charge in [-0.15, -0.1) is 0 Å². The third-order valence-corrected chi connectivity index (χ3v) is 5.64. The minimum absolute atomic E-state index is 0.0721. The number of fused-ring (bicyclic) bond motifs is 1. The van der Waals surface area contributed by atoms with Crippen molar-refractivity contribution in [1.82, 2.24) is 4.90 Å². The zero-order valence-electron chi connectivity index (χ0n) is 18.3. The number of ether oxygens (including phenoxy) is 2. The van der Waals surface area contributed by atoms with Crippen molar-refractivity contribution in [3.8, 4) is 11.5 Å². The molecule has 33 heavy (non-hydrogen) atoms. The van der Waals surface area contributed by atoms with E-state index in [0.29, 0.717) is 48.1 Å². The Kier molecular flexibility index (Phi) is 7.15.